The van der Waals surface area contributed by atoms with Gasteiger partial charge in [0.1, 0.15) is 0 Å². The van der Waals surface area contributed by atoms with Crippen LogP contribution in [-0.4, -0.2) is 28.8 Å². The van der Waals surface area contributed by atoms with E-state index in [1.54, 1.807) is 11.3 Å². The minimum Gasteiger partial charge on any atom is -0.300 e. The van der Waals surface area contributed by atoms with E-state index in [-0.39, 0.29) is 23.9 Å². The van der Waals surface area contributed by atoms with Crippen LogP contribution in [0.3, 0.4) is 0 Å². The SMILES string of the molecule is CCc1ccc(CNC2CC(=O)N(C(CC)CC)C2=O)s1. The van der Waals surface area contributed by atoms with Gasteiger partial charge in [-0.2, -0.15) is 0 Å². The number of carbonyl (C=O) groups excluding carboxylic acids is 2. The molecule has 1 aromatic heterocycles. The van der Waals surface area contributed by atoms with Crippen LogP contribution in [0.25, 0.3) is 0 Å². The van der Waals surface area contributed by atoms with Gasteiger partial charge in [-0.25, -0.2) is 0 Å². The largest absolute Gasteiger partial charge is 0.300 e. The summed E-state index contributed by atoms with van der Waals surface area (Å²) in [6.45, 7) is 6.83. The molecule has 1 aliphatic rings. The summed E-state index contributed by atoms with van der Waals surface area (Å²) in [5.74, 6) is -0.0902. The molecule has 0 spiro atoms. The lowest BCUT2D eigenvalue weighted by Gasteiger charge is -2.24. The van der Waals surface area contributed by atoms with Crippen molar-refractivity contribution in [3.05, 3.63) is 21.9 Å². The smallest absolute Gasteiger partial charge is 0.247 e. The molecule has 1 aliphatic heterocycles. The summed E-state index contributed by atoms with van der Waals surface area (Å²) in [5, 5.41) is 3.25. The average molecular weight is 308 g/mol. The van der Waals surface area contributed by atoms with E-state index in [1.165, 1.54) is 14.7 Å². The number of hydrogen-bond donors (Lipinski definition) is 1. The number of amides is 2. The fraction of sp³-hybridized carbons (Fsp3) is 0.625. The standard InChI is InChI=1S/C16H24N2O2S/c1-4-11(5-2)18-15(19)9-14(16(18)20)17-10-13-8-7-12(6-3)21-13/h7-8,11,14,17H,4-6,9-10H2,1-3H3. The normalized spacial score (nSPS) is 19.0. The highest BCUT2D eigenvalue weighted by molar-refractivity contribution is 7.11. The van der Waals surface area contributed by atoms with Gasteiger partial charge in [-0.1, -0.05) is 20.8 Å². The highest BCUT2D eigenvalue weighted by Gasteiger charge is 2.40. The van der Waals surface area contributed by atoms with Crippen LogP contribution in [0.2, 0.25) is 0 Å². The quantitative estimate of drug-likeness (QED) is 0.788. The van der Waals surface area contributed by atoms with Crippen molar-refractivity contribution in [1.29, 1.82) is 0 Å². The molecule has 2 amide bonds. The Morgan fingerprint density at radius 1 is 1.24 bits per heavy atom. The summed E-state index contributed by atoms with van der Waals surface area (Å²) in [5.41, 5.74) is 0. The number of thiophene rings is 1. The lowest BCUT2D eigenvalue weighted by Crippen LogP contribution is -2.43. The zero-order valence-corrected chi connectivity index (χ0v) is 13.8. The van der Waals surface area contributed by atoms with Crippen LogP contribution in [0.4, 0.5) is 0 Å². The molecule has 1 saturated heterocycles. The van der Waals surface area contributed by atoms with Gasteiger partial charge in [0, 0.05) is 22.3 Å². The van der Waals surface area contributed by atoms with Gasteiger partial charge in [0.2, 0.25) is 11.8 Å². The number of likely N-dealkylation sites (tertiary alicyclic amines) is 1. The zero-order chi connectivity index (χ0) is 15.4. The minimum atomic E-state index is -0.356. The van der Waals surface area contributed by atoms with Crippen LogP contribution < -0.4 is 5.32 Å². The Bertz CT molecular complexity index is 508. The Balaban J connectivity index is 1.95. The van der Waals surface area contributed by atoms with Crippen LogP contribution in [0.5, 0.6) is 0 Å². The van der Waals surface area contributed by atoms with Crippen LogP contribution in [0.1, 0.15) is 49.8 Å². The molecule has 0 aromatic carbocycles. The number of hydrogen-bond acceptors (Lipinski definition) is 4. The van der Waals surface area contributed by atoms with E-state index >= 15 is 0 Å². The van der Waals surface area contributed by atoms with Gasteiger partial charge in [0.15, 0.2) is 0 Å². The van der Waals surface area contributed by atoms with E-state index < -0.39 is 0 Å². The van der Waals surface area contributed by atoms with Gasteiger partial charge in [0.05, 0.1) is 12.5 Å². The second-order valence-corrected chi connectivity index (χ2v) is 6.68. The molecule has 1 atom stereocenters. The van der Waals surface area contributed by atoms with Gasteiger partial charge in [-0.05, 0) is 31.4 Å². The van der Waals surface area contributed by atoms with Gasteiger partial charge in [-0.3, -0.25) is 14.5 Å². The Kier molecular flexibility index (Phi) is 5.53. The number of carbonyl (C=O) groups is 2. The first kappa shape index (κ1) is 16.2. The van der Waals surface area contributed by atoms with Crippen molar-refractivity contribution in [2.75, 3.05) is 0 Å². The Morgan fingerprint density at radius 2 is 1.90 bits per heavy atom. The number of rotatable bonds is 7. The minimum absolute atomic E-state index is 0.0355. The Morgan fingerprint density at radius 3 is 2.48 bits per heavy atom. The predicted molar refractivity (Wildman–Crippen MR) is 85.2 cm³/mol. The van der Waals surface area contributed by atoms with Gasteiger partial charge in [-0.15, -0.1) is 11.3 Å². The Hall–Kier alpha value is -1.20. The summed E-state index contributed by atoms with van der Waals surface area (Å²) in [6.07, 6.45) is 2.98. The first-order valence-electron chi connectivity index (χ1n) is 7.77. The van der Waals surface area contributed by atoms with Crippen molar-refractivity contribution in [1.82, 2.24) is 10.2 Å². The number of nitrogens with zero attached hydrogens (tertiary/aromatic N) is 1. The zero-order valence-electron chi connectivity index (χ0n) is 13.0. The molecule has 5 heteroatoms. The van der Waals surface area contributed by atoms with Crippen molar-refractivity contribution in [2.45, 2.75) is 65.1 Å². The molecular weight excluding hydrogens is 284 g/mol. The van der Waals surface area contributed by atoms with Crippen LogP contribution in [0, 0.1) is 0 Å². The lowest BCUT2D eigenvalue weighted by molar-refractivity contribution is -0.141. The molecule has 1 fully saturated rings. The summed E-state index contributed by atoms with van der Waals surface area (Å²) in [4.78, 5) is 28.5. The molecule has 2 heterocycles. The maximum Gasteiger partial charge on any atom is 0.247 e. The van der Waals surface area contributed by atoms with Gasteiger partial charge < -0.3 is 5.32 Å². The third-order valence-corrected chi connectivity index (χ3v) is 5.31. The topological polar surface area (TPSA) is 49.4 Å². The van der Waals surface area contributed by atoms with Crippen LogP contribution in [-0.2, 0) is 22.6 Å². The van der Waals surface area contributed by atoms with E-state index in [1.807, 2.05) is 13.8 Å². The number of aryl methyl sites for hydroxylation is 1. The molecule has 1 unspecified atom stereocenters. The van der Waals surface area contributed by atoms with E-state index in [0.29, 0.717) is 13.0 Å². The second kappa shape index (κ2) is 7.18. The van der Waals surface area contributed by atoms with E-state index in [2.05, 4.69) is 24.4 Å². The first-order chi connectivity index (χ1) is 10.1. The maximum absolute atomic E-state index is 12.4. The van der Waals surface area contributed by atoms with E-state index in [0.717, 1.165) is 19.3 Å². The summed E-state index contributed by atoms with van der Waals surface area (Å²) >= 11 is 1.76. The van der Waals surface area contributed by atoms with Crippen molar-refractivity contribution < 1.29 is 9.59 Å². The molecule has 2 rings (SSSR count). The molecular formula is C16H24N2O2S. The first-order valence-corrected chi connectivity index (χ1v) is 8.59. The van der Waals surface area contributed by atoms with Gasteiger partial charge in [0.25, 0.3) is 0 Å². The summed E-state index contributed by atoms with van der Waals surface area (Å²) < 4.78 is 0. The number of nitrogens with one attached hydrogen (secondary N) is 1. The molecule has 1 aromatic rings. The third-order valence-electron chi connectivity index (χ3n) is 4.08. The van der Waals surface area contributed by atoms with Gasteiger partial charge >= 0.3 is 0 Å². The monoisotopic (exact) mass is 308 g/mol. The lowest BCUT2D eigenvalue weighted by atomic mass is 10.1. The molecule has 0 saturated carbocycles. The molecule has 0 radical (unpaired) electrons. The summed E-state index contributed by atoms with van der Waals surface area (Å²) in [6, 6.07) is 3.91. The third kappa shape index (κ3) is 3.52. The predicted octanol–water partition coefficient (Wildman–Crippen LogP) is 2.72. The van der Waals surface area contributed by atoms with Crippen molar-refractivity contribution in [3.8, 4) is 0 Å². The summed E-state index contributed by atoms with van der Waals surface area (Å²) in [7, 11) is 0. The fourth-order valence-corrected chi connectivity index (χ4v) is 3.69. The fourth-order valence-electron chi connectivity index (χ4n) is 2.78. The molecule has 0 aliphatic carbocycles. The maximum atomic E-state index is 12.4. The molecule has 21 heavy (non-hydrogen) atoms. The molecule has 1 N–H and O–H groups in total. The van der Waals surface area contributed by atoms with E-state index in [4.69, 9.17) is 0 Å². The molecule has 0 bridgehead atoms. The molecule has 116 valence electrons. The van der Waals surface area contributed by atoms with E-state index in [9.17, 15) is 9.59 Å². The van der Waals surface area contributed by atoms with Crippen LogP contribution in [0.15, 0.2) is 12.1 Å². The Labute approximate surface area is 130 Å². The average Bonchev–Trinajstić information content (AvgIpc) is 3.05. The van der Waals surface area contributed by atoms with Crippen molar-refractivity contribution in [2.24, 2.45) is 0 Å². The van der Waals surface area contributed by atoms with Crippen LogP contribution >= 0.6 is 11.3 Å². The van der Waals surface area contributed by atoms with Crippen molar-refractivity contribution in [3.63, 3.8) is 0 Å². The van der Waals surface area contributed by atoms with Crippen molar-refractivity contribution >= 4 is 23.2 Å². The highest BCUT2D eigenvalue weighted by atomic mass is 32.1. The highest BCUT2D eigenvalue weighted by Crippen LogP contribution is 2.21. The molecule has 4 nitrogen and oxygen atoms in total. The number of imide groups is 1. The second-order valence-electron chi connectivity index (χ2n) is 5.43.